The molecule has 0 saturated carbocycles. The van der Waals surface area contributed by atoms with E-state index >= 15 is 0 Å². The van der Waals surface area contributed by atoms with Crippen molar-refractivity contribution >= 4 is 24.1 Å². The fraction of sp³-hybridized carbons (Fsp3) is 0.214. The molecule has 2 aliphatic carbocycles. The van der Waals surface area contributed by atoms with Crippen molar-refractivity contribution in [3.05, 3.63) is 89.0 Å². The maximum absolute atomic E-state index is 2.44. The van der Waals surface area contributed by atoms with Gasteiger partial charge in [-0.3, -0.25) is 0 Å². The SMILES string of the molecule is Bc1cc2c(c3c4c(ccc13)C(C)(C)c1ccccc1-4)-c1ccccc1C2(C)C. The molecule has 0 N–H and O–H groups in total. The largest absolute Gasteiger partial charge is 0.140 e. The third-order valence-corrected chi connectivity index (χ3v) is 7.60. The Morgan fingerprint density at radius 1 is 0.586 bits per heavy atom. The second kappa shape index (κ2) is 5.22. The lowest BCUT2D eigenvalue weighted by atomic mass is 9.76. The first-order valence-electron chi connectivity index (χ1n) is 10.6. The van der Waals surface area contributed by atoms with Gasteiger partial charge in [-0.25, -0.2) is 0 Å². The molecule has 0 heterocycles. The minimum atomic E-state index is 0.0290. The van der Waals surface area contributed by atoms with Crippen molar-refractivity contribution in [1.82, 2.24) is 0 Å². The standard InChI is InChI=1S/C28H25B/c1-27(2)19-11-7-5-9-16(19)24-21(27)14-13-18-23(29)15-22-25(26(18)24)17-10-6-8-12-20(17)28(22,3)4/h5-15H,29H2,1-4H3. The molecule has 0 saturated heterocycles. The monoisotopic (exact) mass is 372 g/mol. The first-order valence-corrected chi connectivity index (χ1v) is 10.6. The summed E-state index contributed by atoms with van der Waals surface area (Å²) in [6, 6.07) is 25.2. The van der Waals surface area contributed by atoms with Crippen LogP contribution in [0.15, 0.2) is 66.7 Å². The number of rotatable bonds is 0. The van der Waals surface area contributed by atoms with Gasteiger partial charge in [0.1, 0.15) is 7.85 Å². The molecule has 0 bridgehead atoms. The highest BCUT2D eigenvalue weighted by molar-refractivity contribution is 6.40. The Morgan fingerprint density at radius 3 is 1.72 bits per heavy atom. The fourth-order valence-corrected chi connectivity index (χ4v) is 6.05. The normalized spacial score (nSPS) is 17.0. The quantitative estimate of drug-likeness (QED) is 0.347. The molecule has 0 fully saturated rings. The van der Waals surface area contributed by atoms with E-state index in [2.05, 4.69) is 102 Å². The Kier molecular flexibility index (Phi) is 3.08. The molecule has 0 aliphatic heterocycles. The average Bonchev–Trinajstić information content (AvgIpc) is 3.08. The van der Waals surface area contributed by atoms with Crippen molar-refractivity contribution in [1.29, 1.82) is 0 Å². The zero-order valence-electron chi connectivity index (χ0n) is 17.9. The predicted octanol–water partition coefficient (Wildman–Crippen LogP) is 5.71. The van der Waals surface area contributed by atoms with Gasteiger partial charge in [0.15, 0.2) is 0 Å². The minimum absolute atomic E-state index is 0.0290. The molecule has 140 valence electrons. The molecule has 29 heavy (non-hydrogen) atoms. The molecule has 0 unspecified atom stereocenters. The van der Waals surface area contributed by atoms with E-state index in [9.17, 15) is 0 Å². The van der Waals surface area contributed by atoms with Crippen LogP contribution in [0.3, 0.4) is 0 Å². The average molecular weight is 372 g/mol. The highest BCUT2D eigenvalue weighted by Crippen LogP contribution is 2.56. The molecule has 0 atom stereocenters. The van der Waals surface area contributed by atoms with E-state index in [1.165, 1.54) is 60.7 Å². The summed E-state index contributed by atoms with van der Waals surface area (Å²) in [5, 5.41) is 2.84. The van der Waals surface area contributed by atoms with Crippen LogP contribution in [0.25, 0.3) is 33.0 Å². The topological polar surface area (TPSA) is 0 Å². The lowest BCUT2D eigenvalue weighted by Crippen LogP contribution is -2.18. The summed E-state index contributed by atoms with van der Waals surface area (Å²) < 4.78 is 0. The first kappa shape index (κ1) is 17.1. The van der Waals surface area contributed by atoms with Crippen molar-refractivity contribution < 1.29 is 0 Å². The van der Waals surface area contributed by atoms with E-state index in [1.807, 2.05) is 0 Å². The summed E-state index contributed by atoms with van der Waals surface area (Å²) in [5.74, 6) is 0. The zero-order valence-corrected chi connectivity index (χ0v) is 17.9. The van der Waals surface area contributed by atoms with Crippen LogP contribution < -0.4 is 5.46 Å². The van der Waals surface area contributed by atoms with Crippen molar-refractivity contribution in [2.45, 2.75) is 38.5 Å². The van der Waals surface area contributed by atoms with Crippen molar-refractivity contribution in [3.63, 3.8) is 0 Å². The van der Waals surface area contributed by atoms with E-state index in [1.54, 1.807) is 0 Å². The Bertz CT molecular complexity index is 1340. The molecule has 1 heteroatoms. The van der Waals surface area contributed by atoms with Crippen molar-refractivity contribution in [2.75, 3.05) is 0 Å². The Morgan fingerprint density at radius 2 is 1.10 bits per heavy atom. The first-order chi connectivity index (χ1) is 13.8. The van der Waals surface area contributed by atoms with Gasteiger partial charge in [-0.1, -0.05) is 99.9 Å². The summed E-state index contributed by atoms with van der Waals surface area (Å²) >= 11 is 0. The second-order valence-corrected chi connectivity index (χ2v) is 9.87. The fourth-order valence-electron chi connectivity index (χ4n) is 6.05. The lowest BCUT2D eigenvalue weighted by Gasteiger charge is -2.24. The van der Waals surface area contributed by atoms with Crippen LogP contribution in [-0.2, 0) is 10.8 Å². The van der Waals surface area contributed by atoms with Crippen LogP contribution >= 0.6 is 0 Å². The van der Waals surface area contributed by atoms with Crippen LogP contribution in [0.1, 0.15) is 49.9 Å². The summed E-state index contributed by atoms with van der Waals surface area (Å²) in [5.41, 5.74) is 13.0. The Balaban J connectivity index is 1.88. The van der Waals surface area contributed by atoms with E-state index in [4.69, 9.17) is 0 Å². The number of fused-ring (bicyclic) bond motifs is 9. The molecule has 6 rings (SSSR count). The summed E-state index contributed by atoms with van der Waals surface area (Å²) in [7, 11) is 2.28. The van der Waals surface area contributed by atoms with Crippen LogP contribution in [0.2, 0.25) is 0 Å². The van der Waals surface area contributed by atoms with Gasteiger partial charge in [-0.05, 0) is 55.3 Å². The highest BCUT2D eigenvalue weighted by atomic mass is 14.4. The maximum atomic E-state index is 2.44. The van der Waals surface area contributed by atoms with Gasteiger partial charge in [0.2, 0.25) is 0 Å². The van der Waals surface area contributed by atoms with E-state index < -0.39 is 0 Å². The Hall–Kier alpha value is -2.80. The second-order valence-electron chi connectivity index (χ2n) is 9.87. The highest BCUT2D eigenvalue weighted by Gasteiger charge is 2.41. The van der Waals surface area contributed by atoms with E-state index in [-0.39, 0.29) is 10.8 Å². The number of hydrogen-bond donors (Lipinski definition) is 0. The van der Waals surface area contributed by atoms with Gasteiger partial charge in [0.05, 0.1) is 0 Å². The smallest absolute Gasteiger partial charge is 0.0809 e. The maximum Gasteiger partial charge on any atom is 0.140 e. The van der Waals surface area contributed by atoms with Gasteiger partial charge < -0.3 is 0 Å². The van der Waals surface area contributed by atoms with Gasteiger partial charge in [0.25, 0.3) is 0 Å². The molecule has 0 spiro atoms. The van der Waals surface area contributed by atoms with Crippen LogP contribution in [0.4, 0.5) is 0 Å². The molecular formula is C28H25B. The minimum Gasteiger partial charge on any atom is -0.0809 e. The molecular weight excluding hydrogens is 347 g/mol. The Labute approximate surface area is 174 Å². The third-order valence-electron chi connectivity index (χ3n) is 7.60. The third kappa shape index (κ3) is 1.91. The molecule has 0 radical (unpaired) electrons. The molecule has 0 amide bonds. The van der Waals surface area contributed by atoms with Gasteiger partial charge >= 0.3 is 0 Å². The van der Waals surface area contributed by atoms with Crippen molar-refractivity contribution in [3.8, 4) is 22.3 Å². The summed E-state index contributed by atoms with van der Waals surface area (Å²) in [4.78, 5) is 0. The van der Waals surface area contributed by atoms with Gasteiger partial charge in [-0.2, -0.15) is 0 Å². The molecule has 0 nitrogen and oxygen atoms in total. The molecule has 0 aromatic heterocycles. The summed E-state index contributed by atoms with van der Waals surface area (Å²) in [6.07, 6.45) is 0. The van der Waals surface area contributed by atoms with Crippen LogP contribution in [0, 0.1) is 0 Å². The van der Waals surface area contributed by atoms with Crippen LogP contribution in [0.5, 0.6) is 0 Å². The number of hydrogen-bond acceptors (Lipinski definition) is 0. The zero-order chi connectivity index (χ0) is 20.1. The van der Waals surface area contributed by atoms with Gasteiger partial charge in [0, 0.05) is 10.8 Å². The van der Waals surface area contributed by atoms with E-state index in [0.29, 0.717) is 0 Å². The molecule has 4 aromatic rings. The lowest BCUT2D eigenvalue weighted by molar-refractivity contribution is 0.660. The summed E-state index contributed by atoms with van der Waals surface area (Å²) in [6.45, 7) is 9.50. The van der Waals surface area contributed by atoms with Crippen molar-refractivity contribution in [2.24, 2.45) is 0 Å². The molecule has 2 aliphatic rings. The predicted molar refractivity (Wildman–Crippen MR) is 127 cm³/mol. The molecule has 4 aromatic carbocycles. The van der Waals surface area contributed by atoms with Gasteiger partial charge in [-0.15, -0.1) is 0 Å². The van der Waals surface area contributed by atoms with E-state index in [0.717, 1.165) is 0 Å². The number of benzene rings is 4. The van der Waals surface area contributed by atoms with Crippen LogP contribution in [-0.4, -0.2) is 7.85 Å².